The van der Waals surface area contributed by atoms with Crippen LogP contribution in [-0.4, -0.2) is 25.1 Å². The number of hydrogen-bond acceptors (Lipinski definition) is 5. The largest absolute Gasteiger partial charge is 0.493 e. The maximum Gasteiger partial charge on any atom is 0.257 e. The number of benzene rings is 2. The standard InChI is InChI=1S/C22H23N3O3/c1-15-5-4-6-18(9-15)25-22(26)17-11-19(14-23-13-17)24-12-16-7-8-20(27-2)21(10-16)28-3/h4-11,13-14,24H,12H2,1-3H3,(H,25,26). The van der Waals surface area contributed by atoms with Crippen LogP contribution in [0.1, 0.15) is 21.5 Å². The number of nitrogens with one attached hydrogen (secondary N) is 2. The molecule has 0 saturated carbocycles. The molecule has 0 atom stereocenters. The van der Waals surface area contributed by atoms with Gasteiger partial charge in [0.25, 0.3) is 5.91 Å². The Bertz CT molecular complexity index is 973. The number of methoxy groups -OCH3 is 2. The fourth-order valence-electron chi connectivity index (χ4n) is 2.78. The summed E-state index contributed by atoms with van der Waals surface area (Å²) in [5.41, 5.74) is 4.10. The van der Waals surface area contributed by atoms with Crippen molar-refractivity contribution in [1.82, 2.24) is 4.98 Å². The molecule has 0 fully saturated rings. The van der Waals surface area contributed by atoms with E-state index >= 15 is 0 Å². The summed E-state index contributed by atoms with van der Waals surface area (Å²) in [6, 6.07) is 15.2. The molecule has 0 saturated heterocycles. The summed E-state index contributed by atoms with van der Waals surface area (Å²) < 4.78 is 10.6. The second kappa shape index (κ2) is 8.90. The number of hydrogen-bond donors (Lipinski definition) is 2. The second-order valence-corrected chi connectivity index (χ2v) is 6.33. The van der Waals surface area contributed by atoms with Gasteiger partial charge in [-0.3, -0.25) is 9.78 Å². The van der Waals surface area contributed by atoms with Crippen LogP contribution in [-0.2, 0) is 6.54 Å². The molecule has 0 aliphatic rings. The van der Waals surface area contributed by atoms with Crippen molar-refractivity contribution in [2.24, 2.45) is 0 Å². The van der Waals surface area contributed by atoms with Gasteiger partial charge in [-0.1, -0.05) is 18.2 Å². The second-order valence-electron chi connectivity index (χ2n) is 6.33. The van der Waals surface area contributed by atoms with Gasteiger partial charge in [0, 0.05) is 24.6 Å². The summed E-state index contributed by atoms with van der Waals surface area (Å²) in [5, 5.41) is 6.17. The van der Waals surface area contributed by atoms with Crippen LogP contribution >= 0.6 is 0 Å². The Morgan fingerprint density at radius 2 is 1.79 bits per heavy atom. The van der Waals surface area contributed by atoms with Crippen LogP contribution in [0.15, 0.2) is 60.9 Å². The maximum atomic E-state index is 12.5. The van der Waals surface area contributed by atoms with Crippen LogP contribution in [0.3, 0.4) is 0 Å². The van der Waals surface area contributed by atoms with Crippen molar-refractivity contribution in [2.75, 3.05) is 24.9 Å². The molecule has 0 bridgehead atoms. The summed E-state index contributed by atoms with van der Waals surface area (Å²) in [5.74, 6) is 1.15. The number of carbonyl (C=O) groups is 1. The zero-order chi connectivity index (χ0) is 19.9. The molecule has 28 heavy (non-hydrogen) atoms. The fraction of sp³-hybridized carbons (Fsp3) is 0.182. The van der Waals surface area contributed by atoms with E-state index in [4.69, 9.17) is 9.47 Å². The van der Waals surface area contributed by atoms with Gasteiger partial charge in [0.05, 0.1) is 25.5 Å². The number of anilines is 2. The highest BCUT2D eigenvalue weighted by Gasteiger charge is 2.09. The third-order valence-corrected chi connectivity index (χ3v) is 4.22. The van der Waals surface area contributed by atoms with Gasteiger partial charge < -0.3 is 20.1 Å². The monoisotopic (exact) mass is 377 g/mol. The van der Waals surface area contributed by atoms with Gasteiger partial charge in [-0.25, -0.2) is 0 Å². The number of aromatic nitrogens is 1. The molecule has 0 unspecified atom stereocenters. The highest BCUT2D eigenvalue weighted by Crippen LogP contribution is 2.27. The van der Waals surface area contributed by atoms with Crippen LogP contribution in [0.5, 0.6) is 11.5 Å². The van der Waals surface area contributed by atoms with Crippen LogP contribution in [0.25, 0.3) is 0 Å². The first-order valence-corrected chi connectivity index (χ1v) is 8.87. The van der Waals surface area contributed by atoms with Crippen molar-refractivity contribution in [3.63, 3.8) is 0 Å². The molecule has 144 valence electrons. The Hall–Kier alpha value is -3.54. The summed E-state index contributed by atoms with van der Waals surface area (Å²) in [7, 11) is 3.21. The van der Waals surface area contributed by atoms with Gasteiger partial charge in [-0.05, 0) is 48.4 Å². The van der Waals surface area contributed by atoms with Crippen molar-refractivity contribution >= 4 is 17.3 Å². The van der Waals surface area contributed by atoms with Gasteiger partial charge in [-0.15, -0.1) is 0 Å². The Kier molecular flexibility index (Phi) is 6.11. The lowest BCUT2D eigenvalue weighted by Crippen LogP contribution is -2.13. The minimum atomic E-state index is -0.201. The molecule has 3 rings (SSSR count). The molecule has 0 aliphatic heterocycles. The van der Waals surface area contributed by atoms with Crippen molar-refractivity contribution < 1.29 is 14.3 Å². The average Bonchev–Trinajstić information content (AvgIpc) is 2.72. The number of rotatable bonds is 7. The molecule has 0 radical (unpaired) electrons. The molecule has 0 spiro atoms. The van der Waals surface area contributed by atoms with E-state index in [0.717, 1.165) is 22.5 Å². The highest BCUT2D eigenvalue weighted by atomic mass is 16.5. The van der Waals surface area contributed by atoms with Gasteiger partial charge in [0.1, 0.15) is 0 Å². The number of aryl methyl sites for hydroxylation is 1. The van der Waals surface area contributed by atoms with Crippen LogP contribution < -0.4 is 20.1 Å². The van der Waals surface area contributed by atoms with E-state index in [9.17, 15) is 4.79 Å². The van der Waals surface area contributed by atoms with E-state index in [0.29, 0.717) is 23.6 Å². The number of carbonyl (C=O) groups excluding carboxylic acids is 1. The van der Waals surface area contributed by atoms with Crippen LogP contribution in [0.4, 0.5) is 11.4 Å². The first kappa shape index (κ1) is 19.2. The van der Waals surface area contributed by atoms with E-state index in [-0.39, 0.29) is 5.91 Å². The lowest BCUT2D eigenvalue weighted by atomic mass is 10.2. The summed E-state index contributed by atoms with van der Waals surface area (Å²) in [6.45, 7) is 2.54. The predicted octanol–water partition coefficient (Wildman–Crippen LogP) is 4.27. The molecule has 1 aromatic heterocycles. The smallest absolute Gasteiger partial charge is 0.257 e. The van der Waals surface area contributed by atoms with E-state index in [2.05, 4.69) is 15.6 Å². The molecule has 6 nitrogen and oxygen atoms in total. The maximum absolute atomic E-state index is 12.5. The summed E-state index contributed by atoms with van der Waals surface area (Å²) in [4.78, 5) is 16.7. The lowest BCUT2D eigenvalue weighted by Gasteiger charge is -2.11. The SMILES string of the molecule is COc1ccc(CNc2cncc(C(=O)Nc3cccc(C)c3)c2)cc1OC. The molecule has 2 N–H and O–H groups in total. The van der Waals surface area contributed by atoms with E-state index < -0.39 is 0 Å². The first-order valence-electron chi connectivity index (χ1n) is 8.87. The van der Waals surface area contributed by atoms with Crippen molar-refractivity contribution in [1.29, 1.82) is 0 Å². The predicted molar refractivity (Wildman–Crippen MR) is 110 cm³/mol. The van der Waals surface area contributed by atoms with Gasteiger partial charge in [0.15, 0.2) is 11.5 Å². The zero-order valence-corrected chi connectivity index (χ0v) is 16.2. The third kappa shape index (κ3) is 4.79. The van der Waals surface area contributed by atoms with E-state index in [1.165, 1.54) is 0 Å². The molecule has 6 heteroatoms. The van der Waals surface area contributed by atoms with Gasteiger partial charge >= 0.3 is 0 Å². The molecular formula is C22H23N3O3. The Labute approximate surface area is 164 Å². The third-order valence-electron chi connectivity index (χ3n) is 4.22. The molecule has 1 amide bonds. The van der Waals surface area contributed by atoms with Crippen LogP contribution in [0.2, 0.25) is 0 Å². The molecular weight excluding hydrogens is 354 g/mol. The minimum Gasteiger partial charge on any atom is -0.493 e. The minimum absolute atomic E-state index is 0.201. The molecule has 0 aliphatic carbocycles. The Morgan fingerprint density at radius 3 is 2.54 bits per heavy atom. The zero-order valence-electron chi connectivity index (χ0n) is 16.2. The van der Waals surface area contributed by atoms with Gasteiger partial charge in [0.2, 0.25) is 0 Å². The molecule has 2 aromatic carbocycles. The van der Waals surface area contributed by atoms with Crippen LogP contribution in [0, 0.1) is 6.92 Å². The number of nitrogens with zero attached hydrogens (tertiary/aromatic N) is 1. The normalized spacial score (nSPS) is 10.2. The fourth-order valence-corrected chi connectivity index (χ4v) is 2.78. The average molecular weight is 377 g/mol. The van der Waals surface area contributed by atoms with E-state index in [1.807, 2.05) is 49.4 Å². The summed E-state index contributed by atoms with van der Waals surface area (Å²) >= 11 is 0. The van der Waals surface area contributed by atoms with Crippen molar-refractivity contribution in [3.8, 4) is 11.5 Å². The Balaban J connectivity index is 1.67. The summed E-state index contributed by atoms with van der Waals surface area (Å²) in [6.07, 6.45) is 3.23. The highest BCUT2D eigenvalue weighted by molar-refractivity contribution is 6.04. The quantitative estimate of drug-likeness (QED) is 0.643. The number of pyridine rings is 1. The molecule has 1 heterocycles. The van der Waals surface area contributed by atoms with Crippen molar-refractivity contribution in [2.45, 2.75) is 13.5 Å². The Morgan fingerprint density at radius 1 is 0.964 bits per heavy atom. The molecule has 3 aromatic rings. The first-order chi connectivity index (χ1) is 13.6. The number of amides is 1. The van der Waals surface area contributed by atoms with Crippen molar-refractivity contribution in [3.05, 3.63) is 77.6 Å². The van der Waals surface area contributed by atoms with E-state index in [1.54, 1.807) is 32.7 Å². The van der Waals surface area contributed by atoms with Gasteiger partial charge in [-0.2, -0.15) is 0 Å². The lowest BCUT2D eigenvalue weighted by molar-refractivity contribution is 0.102. The topological polar surface area (TPSA) is 72.5 Å². The number of ether oxygens (including phenoxy) is 2.